The highest BCUT2D eigenvalue weighted by atomic mass is 35.5. The Morgan fingerprint density at radius 3 is 2.32 bits per heavy atom. The highest BCUT2D eigenvalue weighted by molar-refractivity contribution is 7.92. The SMILES string of the molecule is CCCNC(=O)C(C)N(Cc1ccc(Cl)cc1Cl)C(=O)CN(c1ccc(F)c(Cl)c1)S(C)(=O)=O. The Kier molecular flexibility index (Phi) is 9.99. The standard InChI is InChI=1S/C22H25Cl3FN3O4S/c1-4-9-27-22(31)14(2)28(12-15-5-6-16(23)10-18(15)24)21(30)13-29(34(3,32)33)17-7-8-20(26)19(25)11-17/h5-8,10-11,14H,4,9,12-13H2,1-3H3,(H,27,31). The topological polar surface area (TPSA) is 86.8 Å². The van der Waals surface area contributed by atoms with Gasteiger partial charge >= 0.3 is 0 Å². The van der Waals surface area contributed by atoms with E-state index in [1.54, 1.807) is 12.1 Å². The van der Waals surface area contributed by atoms with Crippen LogP contribution in [0.5, 0.6) is 0 Å². The lowest BCUT2D eigenvalue weighted by Crippen LogP contribution is -2.51. The van der Waals surface area contributed by atoms with Crippen LogP contribution in [0.1, 0.15) is 25.8 Å². The minimum Gasteiger partial charge on any atom is -0.354 e. The van der Waals surface area contributed by atoms with E-state index in [0.29, 0.717) is 23.6 Å². The molecule has 0 aromatic heterocycles. The number of hydrogen-bond donors (Lipinski definition) is 1. The molecule has 1 unspecified atom stereocenters. The first-order valence-corrected chi connectivity index (χ1v) is 13.3. The smallest absolute Gasteiger partial charge is 0.244 e. The number of amides is 2. The van der Waals surface area contributed by atoms with Gasteiger partial charge in [0.2, 0.25) is 21.8 Å². The molecule has 0 heterocycles. The number of anilines is 1. The molecule has 34 heavy (non-hydrogen) atoms. The minimum atomic E-state index is -3.96. The van der Waals surface area contributed by atoms with Gasteiger partial charge in [-0.3, -0.25) is 13.9 Å². The van der Waals surface area contributed by atoms with Crippen LogP contribution in [0.4, 0.5) is 10.1 Å². The molecule has 7 nitrogen and oxygen atoms in total. The molecule has 0 aliphatic rings. The average Bonchev–Trinajstić information content (AvgIpc) is 2.75. The van der Waals surface area contributed by atoms with Crippen LogP contribution in [-0.4, -0.2) is 50.5 Å². The second-order valence-corrected chi connectivity index (χ2v) is 10.8. The van der Waals surface area contributed by atoms with Gasteiger partial charge in [-0.05, 0) is 49.2 Å². The first kappa shape index (κ1) is 28.2. The Morgan fingerprint density at radius 2 is 1.76 bits per heavy atom. The van der Waals surface area contributed by atoms with E-state index in [9.17, 15) is 22.4 Å². The number of carbonyl (C=O) groups excluding carboxylic acids is 2. The van der Waals surface area contributed by atoms with Crippen LogP contribution in [0.2, 0.25) is 15.1 Å². The molecular formula is C22H25Cl3FN3O4S. The summed E-state index contributed by atoms with van der Waals surface area (Å²) < 4.78 is 39.4. The van der Waals surface area contributed by atoms with Crippen molar-refractivity contribution < 1.29 is 22.4 Å². The fraction of sp³-hybridized carbons (Fsp3) is 0.364. The molecule has 0 aliphatic carbocycles. The van der Waals surface area contributed by atoms with Crippen LogP contribution in [0.3, 0.4) is 0 Å². The van der Waals surface area contributed by atoms with Gasteiger partial charge in [-0.1, -0.05) is 47.8 Å². The number of carbonyl (C=O) groups is 2. The van der Waals surface area contributed by atoms with Crippen molar-refractivity contribution in [2.24, 2.45) is 0 Å². The van der Waals surface area contributed by atoms with Crippen LogP contribution in [0, 0.1) is 5.82 Å². The van der Waals surface area contributed by atoms with E-state index in [2.05, 4.69) is 5.32 Å². The van der Waals surface area contributed by atoms with Crippen molar-refractivity contribution >= 4 is 62.3 Å². The lowest BCUT2D eigenvalue weighted by Gasteiger charge is -2.31. The zero-order chi connectivity index (χ0) is 25.6. The number of sulfonamides is 1. The van der Waals surface area contributed by atoms with Crippen LogP contribution >= 0.6 is 34.8 Å². The van der Waals surface area contributed by atoms with Gasteiger partial charge in [0, 0.05) is 23.1 Å². The van der Waals surface area contributed by atoms with E-state index in [-0.39, 0.29) is 22.3 Å². The van der Waals surface area contributed by atoms with Crippen molar-refractivity contribution in [1.82, 2.24) is 10.2 Å². The molecule has 2 aromatic carbocycles. The number of rotatable bonds is 10. The molecule has 1 N–H and O–H groups in total. The number of nitrogens with one attached hydrogen (secondary N) is 1. The quantitative estimate of drug-likeness (QED) is 0.470. The highest BCUT2D eigenvalue weighted by Gasteiger charge is 2.30. The molecule has 0 saturated heterocycles. The summed E-state index contributed by atoms with van der Waals surface area (Å²) in [5.74, 6) is -1.81. The predicted molar refractivity (Wildman–Crippen MR) is 133 cm³/mol. The molecule has 0 fully saturated rings. The molecule has 0 bridgehead atoms. The third-order valence-corrected chi connectivity index (χ3v) is 6.96. The highest BCUT2D eigenvalue weighted by Crippen LogP contribution is 2.26. The van der Waals surface area contributed by atoms with Crippen molar-refractivity contribution in [2.45, 2.75) is 32.9 Å². The molecule has 0 spiro atoms. The number of hydrogen-bond acceptors (Lipinski definition) is 4. The Bertz CT molecular complexity index is 1160. The van der Waals surface area contributed by atoms with Crippen molar-refractivity contribution in [3.8, 4) is 0 Å². The summed E-state index contributed by atoms with van der Waals surface area (Å²) >= 11 is 18.0. The van der Waals surface area contributed by atoms with Gasteiger partial charge in [-0.25, -0.2) is 12.8 Å². The van der Waals surface area contributed by atoms with Gasteiger partial charge in [0.05, 0.1) is 17.0 Å². The first-order valence-electron chi connectivity index (χ1n) is 10.3. The maximum atomic E-state index is 13.6. The van der Waals surface area contributed by atoms with Gasteiger partial charge in [0.15, 0.2) is 0 Å². The molecule has 0 radical (unpaired) electrons. The van der Waals surface area contributed by atoms with Crippen LogP contribution in [-0.2, 0) is 26.2 Å². The molecular weight excluding hydrogens is 528 g/mol. The lowest BCUT2D eigenvalue weighted by atomic mass is 10.1. The third-order valence-electron chi connectivity index (χ3n) is 4.94. The van der Waals surface area contributed by atoms with Gasteiger partial charge in [-0.2, -0.15) is 0 Å². The summed E-state index contributed by atoms with van der Waals surface area (Å²) in [4.78, 5) is 27.3. The summed E-state index contributed by atoms with van der Waals surface area (Å²) in [6.07, 6.45) is 1.61. The summed E-state index contributed by atoms with van der Waals surface area (Å²) in [6, 6.07) is 7.10. The largest absolute Gasteiger partial charge is 0.354 e. The predicted octanol–water partition coefficient (Wildman–Crippen LogP) is 4.50. The van der Waals surface area contributed by atoms with Gasteiger partial charge in [0.1, 0.15) is 18.4 Å². The number of nitrogens with zero attached hydrogens (tertiary/aromatic N) is 2. The maximum absolute atomic E-state index is 13.6. The van der Waals surface area contributed by atoms with Crippen molar-refractivity contribution in [2.75, 3.05) is 23.7 Å². The van der Waals surface area contributed by atoms with Crippen molar-refractivity contribution in [3.05, 3.63) is 62.8 Å². The maximum Gasteiger partial charge on any atom is 0.244 e. The van der Waals surface area contributed by atoms with Crippen LogP contribution < -0.4 is 9.62 Å². The Labute approximate surface area is 213 Å². The van der Waals surface area contributed by atoms with E-state index < -0.39 is 40.2 Å². The van der Waals surface area contributed by atoms with Gasteiger partial charge in [-0.15, -0.1) is 0 Å². The third kappa shape index (κ3) is 7.46. The molecule has 0 saturated carbocycles. The first-order chi connectivity index (χ1) is 15.8. The molecule has 2 amide bonds. The summed E-state index contributed by atoms with van der Waals surface area (Å²) in [6.45, 7) is 3.12. The normalized spacial score (nSPS) is 12.2. The van der Waals surface area contributed by atoms with Gasteiger partial charge < -0.3 is 10.2 Å². The van der Waals surface area contributed by atoms with E-state index in [1.165, 1.54) is 24.0 Å². The Morgan fingerprint density at radius 1 is 1.09 bits per heavy atom. The molecule has 2 rings (SSSR count). The molecule has 0 aliphatic heterocycles. The average molecular weight is 553 g/mol. The van der Waals surface area contributed by atoms with Gasteiger partial charge in [0.25, 0.3) is 0 Å². The second-order valence-electron chi connectivity index (χ2n) is 7.59. The van der Waals surface area contributed by atoms with Crippen molar-refractivity contribution in [3.63, 3.8) is 0 Å². The zero-order valence-corrected chi connectivity index (χ0v) is 21.9. The van der Waals surface area contributed by atoms with E-state index in [4.69, 9.17) is 34.8 Å². The number of halogens is 4. The monoisotopic (exact) mass is 551 g/mol. The summed E-state index contributed by atoms with van der Waals surface area (Å²) in [7, 11) is -3.96. The molecule has 2 aromatic rings. The Balaban J connectivity index is 2.42. The minimum absolute atomic E-state index is 0.00909. The fourth-order valence-corrected chi connectivity index (χ4v) is 4.55. The summed E-state index contributed by atoms with van der Waals surface area (Å²) in [5, 5.41) is 3.12. The number of benzene rings is 2. The van der Waals surface area contributed by atoms with E-state index >= 15 is 0 Å². The lowest BCUT2D eigenvalue weighted by molar-refractivity contribution is -0.139. The fourth-order valence-electron chi connectivity index (χ4n) is 3.07. The molecule has 186 valence electrons. The van der Waals surface area contributed by atoms with Crippen LogP contribution in [0.25, 0.3) is 0 Å². The van der Waals surface area contributed by atoms with E-state index in [0.717, 1.165) is 22.7 Å². The zero-order valence-electron chi connectivity index (χ0n) is 18.8. The van der Waals surface area contributed by atoms with E-state index in [1.807, 2.05) is 6.92 Å². The second kappa shape index (κ2) is 12.1. The van der Waals surface area contributed by atoms with Crippen LogP contribution in [0.15, 0.2) is 36.4 Å². The summed E-state index contributed by atoms with van der Waals surface area (Å²) in [5.41, 5.74) is 0.528. The van der Waals surface area contributed by atoms with Crippen molar-refractivity contribution in [1.29, 1.82) is 0 Å². The molecule has 1 atom stereocenters. The molecule has 12 heteroatoms. The Hall–Kier alpha value is -2.07.